The number of alkyl halides is 2. The van der Waals surface area contributed by atoms with Crippen LogP contribution in [0.5, 0.6) is 0 Å². The summed E-state index contributed by atoms with van der Waals surface area (Å²) in [4.78, 5) is 13.9. The molecule has 1 aliphatic heterocycles. The number of aryl methyl sites for hydroxylation is 1. The fourth-order valence-electron chi connectivity index (χ4n) is 2.70. The molecular weight excluding hydrogens is 278 g/mol. The van der Waals surface area contributed by atoms with Crippen LogP contribution in [0.1, 0.15) is 45.4 Å². The van der Waals surface area contributed by atoms with Gasteiger partial charge in [-0.2, -0.15) is 0 Å². The number of carbonyl (C=O) groups is 1. The topological polar surface area (TPSA) is 51.0 Å². The van der Waals surface area contributed by atoms with Crippen LogP contribution in [0.15, 0.2) is 6.33 Å². The van der Waals surface area contributed by atoms with Crippen molar-refractivity contribution in [3.8, 4) is 0 Å². The lowest BCUT2D eigenvalue weighted by Crippen LogP contribution is -2.48. The SMILES string of the molecule is CCn1cnnc1[C@@H]1CCCN(C(=O)C(C)(C)C(F)F)C1. The molecule has 21 heavy (non-hydrogen) atoms. The van der Waals surface area contributed by atoms with Crippen LogP contribution >= 0.6 is 0 Å². The predicted molar refractivity (Wildman–Crippen MR) is 74.0 cm³/mol. The van der Waals surface area contributed by atoms with E-state index in [4.69, 9.17) is 0 Å². The van der Waals surface area contributed by atoms with Crippen molar-refractivity contribution in [2.24, 2.45) is 5.41 Å². The zero-order valence-corrected chi connectivity index (χ0v) is 12.7. The van der Waals surface area contributed by atoms with E-state index < -0.39 is 17.7 Å². The molecule has 1 amide bonds. The number of halogens is 2. The Morgan fingerprint density at radius 2 is 2.24 bits per heavy atom. The van der Waals surface area contributed by atoms with Gasteiger partial charge in [-0.1, -0.05) is 0 Å². The number of amides is 1. The van der Waals surface area contributed by atoms with E-state index in [0.717, 1.165) is 25.2 Å². The second-order valence-electron chi connectivity index (χ2n) is 6.09. The first-order valence-corrected chi connectivity index (χ1v) is 7.33. The van der Waals surface area contributed by atoms with Gasteiger partial charge in [-0.25, -0.2) is 8.78 Å². The third kappa shape index (κ3) is 3.06. The molecule has 1 atom stereocenters. The molecule has 1 saturated heterocycles. The molecule has 0 spiro atoms. The van der Waals surface area contributed by atoms with Crippen LogP contribution in [0, 0.1) is 5.41 Å². The molecule has 0 bridgehead atoms. The molecule has 1 aromatic rings. The predicted octanol–water partition coefficient (Wildman–Crippen LogP) is 2.30. The fraction of sp³-hybridized carbons (Fsp3) is 0.786. The Bertz CT molecular complexity index is 501. The Balaban J connectivity index is 2.13. The van der Waals surface area contributed by atoms with Gasteiger partial charge in [-0.3, -0.25) is 4.79 Å². The summed E-state index contributed by atoms with van der Waals surface area (Å²) in [5.74, 6) is 0.424. The highest BCUT2D eigenvalue weighted by Crippen LogP contribution is 2.32. The highest BCUT2D eigenvalue weighted by Gasteiger charge is 2.42. The van der Waals surface area contributed by atoms with E-state index in [1.807, 2.05) is 11.5 Å². The summed E-state index contributed by atoms with van der Waals surface area (Å²) in [5.41, 5.74) is -1.64. The van der Waals surface area contributed by atoms with Crippen LogP contribution in [0.3, 0.4) is 0 Å². The van der Waals surface area contributed by atoms with E-state index in [1.165, 1.54) is 13.8 Å². The number of likely N-dealkylation sites (tertiary alicyclic amines) is 1. The zero-order chi connectivity index (χ0) is 15.6. The lowest BCUT2D eigenvalue weighted by molar-refractivity contribution is -0.150. The average Bonchev–Trinajstić information content (AvgIpc) is 2.94. The van der Waals surface area contributed by atoms with Crippen molar-refractivity contribution < 1.29 is 13.6 Å². The molecule has 2 heterocycles. The van der Waals surface area contributed by atoms with Crippen molar-refractivity contribution >= 4 is 5.91 Å². The van der Waals surface area contributed by atoms with Gasteiger partial charge in [0.1, 0.15) is 17.6 Å². The van der Waals surface area contributed by atoms with Gasteiger partial charge < -0.3 is 9.47 Å². The second kappa shape index (κ2) is 6.07. The molecule has 1 fully saturated rings. The highest BCUT2D eigenvalue weighted by molar-refractivity contribution is 5.82. The van der Waals surface area contributed by atoms with Crippen LogP contribution in [0.2, 0.25) is 0 Å². The van der Waals surface area contributed by atoms with Gasteiger partial charge in [0.05, 0.1) is 0 Å². The minimum atomic E-state index is -2.66. The maximum absolute atomic E-state index is 13.0. The molecule has 7 heteroatoms. The summed E-state index contributed by atoms with van der Waals surface area (Å²) in [6.45, 7) is 6.34. The second-order valence-corrected chi connectivity index (χ2v) is 6.09. The molecule has 0 saturated carbocycles. The van der Waals surface area contributed by atoms with Gasteiger partial charge in [0.25, 0.3) is 6.43 Å². The van der Waals surface area contributed by atoms with Crippen LogP contribution in [0.4, 0.5) is 8.78 Å². The lowest BCUT2D eigenvalue weighted by atomic mass is 9.89. The van der Waals surface area contributed by atoms with Crippen molar-refractivity contribution in [3.63, 3.8) is 0 Å². The maximum atomic E-state index is 13.0. The van der Waals surface area contributed by atoms with E-state index in [0.29, 0.717) is 13.1 Å². The highest BCUT2D eigenvalue weighted by atomic mass is 19.3. The monoisotopic (exact) mass is 300 g/mol. The van der Waals surface area contributed by atoms with Crippen LogP contribution in [-0.2, 0) is 11.3 Å². The van der Waals surface area contributed by atoms with Crippen molar-refractivity contribution in [2.75, 3.05) is 13.1 Å². The smallest absolute Gasteiger partial charge is 0.252 e. The molecule has 0 aromatic carbocycles. The molecule has 1 aliphatic rings. The number of hydrogen-bond donors (Lipinski definition) is 0. The third-order valence-electron chi connectivity index (χ3n) is 4.16. The number of carbonyl (C=O) groups excluding carboxylic acids is 1. The summed E-state index contributed by atoms with van der Waals surface area (Å²) in [6.07, 6.45) is 0.702. The molecule has 118 valence electrons. The Morgan fingerprint density at radius 1 is 1.52 bits per heavy atom. The zero-order valence-electron chi connectivity index (χ0n) is 12.7. The first kappa shape index (κ1) is 15.9. The summed E-state index contributed by atoms with van der Waals surface area (Å²) in [6, 6.07) is 0. The average molecular weight is 300 g/mol. The summed E-state index contributed by atoms with van der Waals surface area (Å²) in [5, 5.41) is 8.03. The van der Waals surface area contributed by atoms with Crippen molar-refractivity contribution in [2.45, 2.75) is 52.5 Å². The third-order valence-corrected chi connectivity index (χ3v) is 4.16. The molecule has 0 radical (unpaired) electrons. The Kier molecular flexibility index (Phi) is 4.58. The Hall–Kier alpha value is -1.53. The van der Waals surface area contributed by atoms with Gasteiger partial charge in [-0.05, 0) is 33.6 Å². The molecule has 0 unspecified atom stereocenters. The number of hydrogen-bond acceptors (Lipinski definition) is 3. The molecule has 5 nitrogen and oxygen atoms in total. The fourth-order valence-corrected chi connectivity index (χ4v) is 2.70. The number of aromatic nitrogens is 3. The van der Waals surface area contributed by atoms with E-state index in [9.17, 15) is 13.6 Å². The van der Waals surface area contributed by atoms with Crippen molar-refractivity contribution in [1.82, 2.24) is 19.7 Å². The van der Waals surface area contributed by atoms with E-state index in [1.54, 1.807) is 11.2 Å². The first-order valence-electron chi connectivity index (χ1n) is 7.33. The van der Waals surface area contributed by atoms with Crippen LogP contribution < -0.4 is 0 Å². The molecule has 0 N–H and O–H groups in total. The summed E-state index contributed by atoms with van der Waals surface area (Å²) in [7, 11) is 0. The molecule has 2 rings (SSSR count). The number of rotatable bonds is 4. The van der Waals surface area contributed by atoms with E-state index >= 15 is 0 Å². The minimum Gasteiger partial charge on any atom is -0.341 e. The minimum absolute atomic E-state index is 0.0682. The largest absolute Gasteiger partial charge is 0.341 e. The van der Waals surface area contributed by atoms with Crippen LogP contribution in [0.25, 0.3) is 0 Å². The Morgan fingerprint density at radius 3 is 2.86 bits per heavy atom. The van der Waals surface area contributed by atoms with Gasteiger partial charge in [-0.15, -0.1) is 10.2 Å². The normalized spacial score (nSPS) is 20.1. The molecular formula is C14H22F2N4O. The van der Waals surface area contributed by atoms with Gasteiger partial charge in [0.15, 0.2) is 0 Å². The summed E-state index contributed by atoms with van der Waals surface area (Å²) >= 11 is 0. The molecule has 0 aliphatic carbocycles. The lowest BCUT2D eigenvalue weighted by Gasteiger charge is -2.37. The standard InChI is InChI=1S/C14H22F2N4O/c1-4-19-9-17-18-11(19)10-6-5-7-20(8-10)13(21)14(2,3)12(15)16/h9-10,12H,4-8H2,1-3H3/t10-/m1/s1. The maximum Gasteiger partial charge on any atom is 0.252 e. The number of nitrogens with zero attached hydrogens (tertiary/aromatic N) is 4. The first-order chi connectivity index (χ1) is 9.87. The van der Waals surface area contributed by atoms with E-state index in [-0.39, 0.29) is 5.92 Å². The quantitative estimate of drug-likeness (QED) is 0.857. The Labute approximate surface area is 123 Å². The van der Waals surface area contributed by atoms with Crippen LogP contribution in [-0.4, -0.2) is 45.1 Å². The van der Waals surface area contributed by atoms with Gasteiger partial charge >= 0.3 is 0 Å². The van der Waals surface area contributed by atoms with E-state index in [2.05, 4.69) is 10.2 Å². The van der Waals surface area contributed by atoms with Gasteiger partial charge in [0.2, 0.25) is 5.91 Å². The number of piperidine rings is 1. The van der Waals surface area contributed by atoms with Crippen molar-refractivity contribution in [1.29, 1.82) is 0 Å². The molecule has 1 aromatic heterocycles. The van der Waals surface area contributed by atoms with Crippen molar-refractivity contribution in [3.05, 3.63) is 12.2 Å². The van der Waals surface area contributed by atoms with Gasteiger partial charge in [0, 0.05) is 25.6 Å². The summed E-state index contributed by atoms with van der Waals surface area (Å²) < 4.78 is 28.0.